The van der Waals surface area contributed by atoms with Crippen molar-refractivity contribution in [3.05, 3.63) is 63.3 Å². The first-order chi connectivity index (χ1) is 14.8. The van der Waals surface area contributed by atoms with Gasteiger partial charge in [0.25, 0.3) is 5.91 Å². The van der Waals surface area contributed by atoms with Crippen LogP contribution in [0.15, 0.2) is 42.1 Å². The number of urea groups is 1. The molecule has 0 aromatic heterocycles. The van der Waals surface area contributed by atoms with E-state index in [9.17, 15) is 19.5 Å². The molecule has 1 heterocycles. The summed E-state index contributed by atoms with van der Waals surface area (Å²) in [6, 6.07) is 9.22. The summed E-state index contributed by atoms with van der Waals surface area (Å²) in [6.45, 7) is 1.38. The zero-order valence-electron chi connectivity index (χ0n) is 16.3. The minimum Gasteiger partial charge on any atom is -0.546 e. The Hall–Kier alpha value is -3.23. The van der Waals surface area contributed by atoms with Gasteiger partial charge in [0.05, 0.1) is 24.1 Å². The molecule has 162 valence electrons. The summed E-state index contributed by atoms with van der Waals surface area (Å²) in [7, 11) is 0. The van der Waals surface area contributed by atoms with E-state index in [-0.39, 0.29) is 35.4 Å². The van der Waals surface area contributed by atoms with Crippen LogP contribution in [0.25, 0.3) is 6.08 Å². The quantitative estimate of drug-likeness (QED) is 0.476. The van der Waals surface area contributed by atoms with Crippen molar-refractivity contribution >= 4 is 47.2 Å². The number of carboxylic acid groups (broad SMARTS) is 1. The average Bonchev–Trinajstić information content (AvgIpc) is 2.96. The van der Waals surface area contributed by atoms with E-state index in [1.165, 1.54) is 18.2 Å². The maximum Gasteiger partial charge on any atom is 0.329 e. The van der Waals surface area contributed by atoms with Gasteiger partial charge in [-0.25, -0.2) is 4.79 Å². The van der Waals surface area contributed by atoms with Crippen LogP contribution < -0.4 is 19.9 Å². The predicted molar refractivity (Wildman–Crippen MR) is 112 cm³/mol. The van der Waals surface area contributed by atoms with Crippen LogP contribution in [-0.4, -0.2) is 36.0 Å². The minimum absolute atomic E-state index is 0.0426. The monoisotopic (exact) mass is 463 g/mol. The number of aliphatic carboxylic acids is 1. The number of amides is 3. The highest BCUT2D eigenvalue weighted by Crippen LogP contribution is 2.37. The Morgan fingerprint density at radius 1 is 1.16 bits per heavy atom. The van der Waals surface area contributed by atoms with Gasteiger partial charge in [-0.1, -0.05) is 35.3 Å². The van der Waals surface area contributed by atoms with Gasteiger partial charge in [0.15, 0.2) is 11.5 Å². The van der Waals surface area contributed by atoms with Crippen molar-refractivity contribution in [2.75, 3.05) is 13.2 Å². The second-order valence-corrected chi connectivity index (χ2v) is 7.27. The van der Waals surface area contributed by atoms with Crippen molar-refractivity contribution in [2.24, 2.45) is 0 Å². The molecule has 1 N–H and O–H groups in total. The van der Waals surface area contributed by atoms with Crippen LogP contribution in [0.5, 0.6) is 11.5 Å². The van der Waals surface area contributed by atoms with E-state index in [0.29, 0.717) is 10.6 Å². The molecule has 0 aliphatic carbocycles. The van der Waals surface area contributed by atoms with E-state index in [2.05, 4.69) is 5.32 Å². The lowest BCUT2D eigenvalue weighted by Gasteiger charge is -2.15. The van der Waals surface area contributed by atoms with Gasteiger partial charge >= 0.3 is 6.03 Å². The summed E-state index contributed by atoms with van der Waals surface area (Å²) < 4.78 is 10.6. The van der Waals surface area contributed by atoms with Gasteiger partial charge in [-0.2, -0.15) is 0 Å². The first kappa shape index (κ1) is 22.5. The van der Waals surface area contributed by atoms with Crippen LogP contribution in [0, 0.1) is 0 Å². The normalized spacial score (nSPS) is 14.7. The number of rotatable bonds is 8. The van der Waals surface area contributed by atoms with E-state index >= 15 is 0 Å². The maximum absolute atomic E-state index is 12.7. The molecule has 0 atom stereocenters. The van der Waals surface area contributed by atoms with Gasteiger partial charge in [0.2, 0.25) is 0 Å². The molecule has 1 saturated heterocycles. The van der Waals surface area contributed by atoms with E-state index in [4.69, 9.17) is 32.7 Å². The third-order valence-corrected chi connectivity index (χ3v) is 4.73. The molecule has 2 aromatic carbocycles. The molecule has 0 unspecified atom stereocenters. The molecule has 0 radical (unpaired) electrons. The molecule has 2 aromatic rings. The summed E-state index contributed by atoms with van der Waals surface area (Å²) in [6.07, 6.45) is 1.44. The summed E-state index contributed by atoms with van der Waals surface area (Å²) in [4.78, 5) is 36.8. The number of halogens is 2. The second-order valence-electron chi connectivity index (χ2n) is 6.43. The van der Waals surface area contributed by atoms with Crippen LogP contribution in [0.3, 0.4) is 0 Å². The molecule has 0 bridgehead atoms. The zero-order chi connectivity index (χ0) is 22.5. The maximum atomic E-state index is 12.7. The largest absolute Gasteiger partial charge is 0.546 e. The molecule has 1 aliphatic rings. The highest BCUT2D eigenvalue weighted by atomic mass is 35.5. The van der Waals surface area contributed by atoms with Gasteiger partial charge in [-0.05, 0) is 48.4 Å². The molecule has 8 nitrogen and oxygen atoms in total. The van der Waals surface area contributed by atoms with Gasteiger partial charge < -0.3 is 24.7 Å². The summed E-state index contributed by atoms with van der Waals surface area (Å²) in [5.41, 5.74) is 1.25. The van der Waals surface area contributed by atoms with Gasteiger partial charge in [-0.15, -0.1) is 0 Å². The lowest BCUT2D eigenvalue weighted by atomic mass is 10.1. The van der Waals surface area contributed by atoms with E-state index in [1.54, 1.807) is 31.2 Å². The number of nitrogens with zero attached hydrogens (tertiary/aromatic N) is 1. The van der Waals surface area contributed by atoms with Gasteiger partial charge in [0.1, 0.15) is 12.3 Å². The Kier molecular flexibility index (Phi) is 7.04. The van der Waals surface area contributed by atoms with Gasteiger partial charge in [0, 0.05) is 5.02 Å². The molecule has 1 fully saturated rings. The third-order valence-electron chi connectivity index (χ3n) is 4.19. The predicted octanol–water partition coefficient (Wildman–Crippen LogP) is 2.61. The molecule has 0 saturated carbocycles. The van der Waals surface area contributed by atoms with Crippen LogP contribution >= 0.6 is 23.2 Å². The average molecular weight is 464 g/mol. The number of carboxylic acids is 1. The fourth-order valence-electron chi connectivity index (χ4n) is 2.86. The summed E-state index contributed by atoms with van der Waals surface area (Å²) in [5.74, 6) is -1.69. The molecule has 10 heteroatoms. The van der Waals surface area contributed by atoms with Crippen molar-refractivity contribution < 1.29 is 29.0 Å². The molecule has 3 rings (SSSR count). The Bertz CT molecular complexity index is 1050. The second kappa shape index (κ2) is 9.72. The van der Waals surface area contributed by atoms with Crippen LogP contribution in [0.2, 0.25) is 10.0 Å². The van der Waals surface area contributed by atoms with E-state index < -0.39 is 24.5 Å². The van der Waals surface area contributed by atoms with Crippen LogP contribution in [0.1, 0.15) is 18.1 Å². The molecular formula is C21H17Cl2N2O6-. The fraction of sp³-hybridized carbons (Fsp3) is 0.190. The van der Waals surface area contributed by atoms with Crippen molar-refractivity contribution in [1.82, 2.24) is 10.2 Å². The van der Waals surface area contributed by atoms with E-state index in [0.717, 1.165) is 10.5 Å². The lowest BCUT2D eigenvalue weighted by molar-refractivity contribution is -0.307. The summed E-state index contributed by atoms with van der Waals surface area (Å²) in [5, 5.41) is 13.8. The highest BCUT2D eigenvalue weighted by Gasteiger charge is 2.33. The summed E-state index contributed by atoms with van der Waals surface area (Å²) >= 11 is 12.1. The number of carbonyl (C=O) groups is 3. The smallest absolute Gasteiger partial charge is 0.329 e. The topological polar surface area (TPSA) is 108 Å². The number of imide groups is 1. The molecule has 0 spiro atoms. The number of hydrogen-bond donors (Lipinski definition) is 1. The Morgan fingerprint density at radius 3 is 2.52 bits per heavy atom. The Balaban J connectivity index is 1.85. The SMILES string of the molecule is CCOc1cc(/C=C2\NC(=O)N(Cc3ccc(Cl)cc3)C2=O)cc(Cl)c1OCC(=O)[O-]. The first-order valence-corrected chi connectivity index (χ1v) is 9.92. The number of carbonyl (C=O) groups excluding carboxylic acids is 3. The minimum atomic E-state index is -1.41. The van der Waals surface area contributed by atoms with Crippen molar-refractivity contribution in [3.63, 3.8) is 0 Å². The van der Waals surface area contributed by atoms with Crippen LogP contribution in [0.4, 0.5) is 4.79 Å². The van der Waals surface area contributed by atoms with Crippen molar-refractivity contribution in [1.29, 1.82) is 0 Å². The lowest BCUT2D eigenvalue weighted by Crippen LogP contribution is -2.30. The molecule has 3 amide bonds. The Morgan fingerprint density at radius 2 is 1.87 bits per heavy atom. The molecule has 1 aliphatic heterocycles. The Labute approximate surface area is 187 Å². The number of benzene rings is 2. The molecular weight excluding hydrogens is 447 g/mol. The number of hydrogen-bond acceptors (Lipinski definition) is 6. The van der Waals surface area contributed by atoms with Crippen molar-refractivity contribution in [3.8, 4) is 11.5 Å². The highest BCUT2D eigenvalue weighted by molar-refractivity contribution is 6.32. The standard InChI is InChI=1S/C21H18Cl2N2O6/c1-2-30-17-9-13(7-15(23)19(17)31-11-18(26)27)8-16-20(28)25(21(29)24-16)10-12-3-5-14(22)6-4-12/h3-9H,2,10-11H2,1H3,(H,24,29)(H,26,27)/p-1/b16-8-. The zero-order valence-corrected chi connectivity index (χ0v) is 17.8. The van der Waals surface area contributed by atoms with Crippen LogP contribution in [-0.2, 0) is 16.1 Å². The molecule has 31 heavy (non-hydrogen) atoms. The first-order valence-electron chi connectivity index (χ1n) is 9.16. The number of nitrogens with one attached hydrogen (secondary N) is 1. The van der Waals surface area contributed by atoms with Crippen molar-refractivity contribution in [2.45, 2.75) is 13.5 Å². The van der Waals surface area contributed by atoms with Gasteiger partial charge in [-0.3, -0.25) is 9.69 Å². The van der Waals surface area contributed by atoms with E-state index in [1.807, 2.05) is 0 Å². The number of ether oxygens (including phenoxy) is 2. The third kappa shape index (κ3) is 5.48. The fourth-order valence-corrected chi connectivity index (χ4v) is 3.26.